The predicted molar refractivity (Wildman–Crippen MR) is 41.6 cm³/mol. The molecule has 0 aliphatic carbocycles. The summed E-state index contributed by atoms with van der Waals surface area (Å²) in [7, 11) is 0. The molecule has 0 aromatic carbocycles. The third-order valence-corrected chi connectivity index (χ3v) is 1.14. The number of carbonyl (C=O) groups excluding carboxylic acids is 1. The lowest BCUT2D eigenvalue weighted by molar-refractivity contribution is 0.0944. The molecule has 0 bridgehead atoms. The van der Waals surface area contributed by atoms with Crippen LogP contribution < -0.4 is 5.32 Å². The molecule has 5 heteroatoms. The molecule has 1 aromatic rings. The SMILES string of the molecule is C=CCNC(=O)c1noc(C)n1. The smallest absolute Gasteiger partial charge is 0.292 e. The van der Waals surface area contributed by atoms with Crippen molar-refractivity contribution in [2.24, 2.45) is 0 Å². The van der Waals surface area contributed by atoms with Gasteiger partial charge in [-0.1, -0.05) is 11.2 Å². The van der Waals surface area contributed by atoms with E-state index in [0.717, 1.165) is 0 Å². The van der Waals surface area contributed by atoms with Crippen molar-refractivity contribution in [3.05, 3.63) is 24.4 Å². The predicted octanol–water partition coefficient (Wildman–Crippen LogP) is 0.294. The summed E-state index contributed by atoms with van der Waals surface area (Å²) in [6.45, 7) is 5.47. The lowest BCUT2D eigenvalue weighted by Crippen LogP contribution is -2.24. The highest BCUT2D eigenvalue weighted by Crippen LogP contribution is 1.93. The summed E-state index contributed by atoms with van der Waals surface area (Å²) < 4.78 is 4.62. The van der Waals surface area contributed by atoms with E-state index in [0.29, 0.717) is 12.4 Å². The van der Waals surface area contributed by atoms with Gasteiger partial charge in [0.05, 0.1) is 0 Å². The van der Waals surface area contributed by atoms with Crippen LogP contribution in [-0.4, -0.2) is 22.6 Å². The first-order valence-corrected chi connectivity index (χ1v) is 3.43. The maximum atomic E-state index is 11.1. The summed E-state index contributed by atoms with van der Waals surface area (Å²) in [5, 5.41) is 5.96. The Morgan fingerprint density at radius 2 is 2.58 bits per heavy atom. The number of hydrogen-bond donors (Lipinski definition) is 1. The number of carbonyl (C=O) groups is 1. The second-order valence-corrected chi connectivity index (χ2v) is 2.14. The van der Waals surface area contributed by atoms with Gasteiger partial charge in [0.25, 0.3) is 11.7 Å². The largest absolute Gasteiger partial charge is 0.346 e. The van der Waals surface area contributed by atoms with Crippen LogP contribution in [0, 0.1) is 6.92 Å². The number of aromatic nitrogens is 2. The Labute approximate surface area is 69.5 Å². The molecule has 0 aliphatic rings. The van der Waals surface area contributed by atoms with Crippen LogP contribution in [-0.2, 0) is 0 Å². The van der Waals surface area contributed by atoms with E-state index in [-0.39, 0.29) is 11.7 Å². The van der Waals surface area contributed by atoms with Gasteiger partial charge in [0.1, 0.15) is 0 Å². The van der Waals surface area contributed by atoms with Gasteiger partial charge >= 0.3 is 0 Å². The van der Waals surface area contributed by atoms with Gasteiger partial charge in [0, 0.05) is 13.5 Å². The molecule has 1 heterocycles. The quantitative estimate of drug-likeness (QED) is 0.657. The third kappa shape index (κ3) is 1.91. The van der Waals surface area contributed by atoms with Crippen LogP contribution in [0.25, 0.3) is 0 Å². The minimum atomic E-state index is -0.355. The number of aryl methyl sites for hydroxylation is 1. The minimum Gasteiger partial charge on any atom is -0.346 e. The Morgan fingerprint density at radius 3 is 3.08 bits per heavy atom. The van der Waals surface area contributed by atoms with E-state index in [1.807, 2.05) is 0 Å². The monoisotopic (exact) mass is 167 g/mol. The molecule has 5 nitrogen and oxygen atoms in total. The molecule has 1 amide bonds. The summed E-state index contributed by atoms with van der Waals surface area (Å²) in [4.78, 5) is 14.8. The van der Waals surface area contributed by atoms with Gasteiger partial charge < -0.3 is 9.84 Å². The van der Waals surface area contributed by atoms with Gasteiger partial charge in [-0.3, -0.25) is 4.79 Å². The van der Waals surface area contributed by atoms with Crippen LogP contribution >= 0.6 is 0 Å². The fourth-order valence-corrected chi connectivity index (χ4v) is 0.635. The van der Waals surface area contributed by atoms with Crippen LogP contribution in [0.15, 0.2) is 17.2 Å². The first-order chi connectivity index (χ1) is 5.74. The second-order valence-electron chi connectivity index (χ2n) is 2.14. The summed E-state index contributed by atoms with van der Waals surface area (Å²) in [6.07, 6.45) is 1.57. The summed E-state index contributed by atoms with van der Waals surface area (Å²) in [5.41, 5.74) is 0. The molecule has 1 aromatic heterocycles. The first kappa shape index (κ1) is 8.45. The summed E-state index contributed by atoms with van der Waals surface area (Å²) in [6, 6.07) is 0. The number of rotatable bonds is 3. The molecular weight excluding hydrogens is 158 g/mol. The van der Waals surface area contributed by atoms with E-state index in [9.17, 15) is 4.79 Å². The topological polar surface area (TPSA) is 68.0 Å². The highest BCUT2D eigenvalue weighted by atomic mass is 16.5. The Bertz CT molecular complexity index is 293. The normalized spacial score (nSPS) is 9.42. The number of hydrogen-bond acceptors (Lipinski definition) is 4. The highest BCUT2D eigenvalue weighted by Gasteiger charge is 2.10. The maximum absolute atomic E-state index is 11.1. The van der Waals surface area contributed by atoms with Crippen LogP contribution in [0.3, 0.4) is 0 Å². The van der Waals surface area contributed by atoms with E-state index in [2.05, 4.69) is 26.6 Å². The van der Waals surface area contributed by atoms with E-state index in [1.54, 1.807) is 13.0 Å². The van der Waals surface area contributed by atoms with Gasteiger partial charge in [-0.25, -0.2) is 0 Å². The average Bonchev–Trinajstić information content (AvgIpc) is 2.47. The van der Waals surface area contributed by atoms with Crippen molar-refractivity contribution in [2.45, 2.75) is 6.92 Å². The van der Waals surface area contributed by atoms with Crippen molar-refractivity contribution in [3.63, 3.8) is 0 Å². The molecular formula is C7H9N3O2. The molecule has 64 valence electrons. The van der Waals surface area contributed by atoms with Gasteiger partial charge in [0.15, 0.2) is 0 Å². The van der Waals surface area contributed by atoms with Gasteiger partial charge in [-0.05, 0) is 0 Å². The Kier molecular flexibility index (Phi) is 2.57. The highest BCUT2D eigenvalue weighted by molar-refractivity contribution is 5.90. The molecule has 1 rings (SSSR count). The third-order valence-electron chi connectivity index (χ3n) is 1.14. The average molecular weight is 167 g/mol. The first-order valence-electron chi connectivity index (χ1n) is 3.43. The fraction of sp³-hybridized carbons (Fsp3) is 0.286. The van der Waals surface area contributed by atoms with Crippen LogP contribution in [0.5, 0.6) is 0 Å². The molecule has 0 radical (unpaired) electrons. The molecule has 0 atom stereocenters. The van der Waals surface area contributed by atoms with Crippen LogP contribution in [0.2, 0.25) is 0 Å². The molecule has 0 unspecified atom stereocenters. The van der Waals surface area contributed by atoms with Crippen molar-refractivity contribution in [3.8, 4) is 0 Å². The van der Waals surface area contributed by atoms with Gasteiger partial charge in [-0.15, -0.1) is 6.58 Å². The number of nitrogens with one attached hydrogen (secondary N) is 1. The van der Waals surface area contributed by atoms with Crippen molar-refractivity contribution < 1.29 is 9.32 Å². The van der Waals surface area contributed by atoms with E-state index in [4.69, 9.17) is 0 Å². The molecule has 0 saturated carbocycles. The Balaban J connectivity index is 2.59. The Hall–Kier alpha value is -1.65. The Morgan fingerprint density at radius 1 is 1.83 bits per heavy atom. The lowest BCUT2D eigenvalue weighted by atomic mass is 10.5. The zero-order valence-electron chi connectivity index (χ0n) is 6.70. The van der Waals surface area contributed by atoms with Crippen molar-refractivity contribution in [1.29, 1.82) is 0 Å². The lowest BCUT2D eigenvalue weighted by Gasteiger charge is -1.94. The van der Waals surface area contributed by atoms with Crippen LogP contribution in [0.4, 0.5) is 0 Å². The maximum Gasteiger partial charge on any atom is 0.292 e. The second kappa shape index (κ2) is 3.66. The summed E-state index contributed by atoms with van der Waals surface area (Å²) >= 11 is 0. The summed E-state index contributed by atoms with van der Waals surface area (Å²) in [5.74, 6) is 0.0693. The van der Waals surface area contributed by atoms with Gasteiger partial charge in [0.2, 0.25) is 5.89 Å². The molecule has 0 saturated heterocycles. The number of nitrogens with zero attached hydrogens (tertiary/aromatic N) is 2. The minimum absolute atomic E-state index is 0.0503. The molecule has 0 aliphatic heterocycles. The molecule has 1 N–H and O–H groups in total. The fourth-order valence-electron chi connectivity index (χ4n) is 0.635. The van der Waals surface area contributed by atoms with Gasteiger partial charge in [-0.2, -0.15) is 4.98 Å². The molecule has 12 heavy (non-hydrogen) atoms. The number of amides is 1. The molecule has 0 spiro atoms. The van der Waals surface area contributed by atoms with E-state index >= 15 is 0 Å². The zero-order valence-corrected chi connectivity index (χ0v) is 6.70. The van der Waals surface area contributed by atoms with Crippen molar-refractivity contribution >= 4 is 5.91 Å². The van der Waals surface area contributed by atoms with Crippen molar-refractivity contribution in [1.82, 2.24) is 15.5 Å². The zero-order chi connectivity index (χ0) is 8.97. The van der Waals surface area contributed by atoms with Crippen LogP contribution in [0.1, 0.15) is 16.5 Å². The molecule has 0 fully saturated rings. The van der Waals surface area contributed by atoms with Crippen molar-refractivity contribution in [2.75, 3.05) is 6.54 Å². The standard InChI is InChI=1S/C7H9N3O2/c1-3-4-8-7(11)6-9-5(2)12-10-6/h3H,1,4H2,2H3,(H,8,11). The van der Waals surface area contributed by atoms with E-state index < -0.39 is 0 Å². The van der Waals surface area contributed by atoms with E-state index in [1.165, 1.54) is 0 Å².